The SMILES string of the molecule is COc1cc(OC)cc(C(=O)N2CCN(c3cc(S(=O)(=O)N4CCCC(C)C4)ccc3OC)CC2)c1. The van der Waals surface area contributed by atoms with Crippen LogP contribution in [0.1, 0.15) is 30.1 Å². The fourth-order valence-electron chi connectivity index (χ4n) is 4.85. The van der Waals surface area contributed by atoms with Crippen molar-refractivity contribution in [2.24, 2.45) is 5.92 Å². The van der Waals surface area contributed by atoms with Crippen molar-refractivity contribution in [2.75, 3.05) is 65.5 Å². The van der Waals surface area contributed by atoms with Gasteiger partial charge in [-0.2, -0.15) is 4.31 Å². The number of rotatable bonds is 7. The Balaban J connectivity index is 1.51. The summed E-state index contributed by atoms with van der Waals surface area (Å²) in [6, 6.07) is 10.2. The molecule has 1 unspecified atom stereocenters. The van der Waals surface area contributed by atoms with Gasteiger partial charge in [-0.05, 0) is 49.1 Å². The van der Waals surface area contributed by atoms with Crippen LogP contribution in [0.15, 0.2) is 41.3 Å². The zero-order valence-electron chi connectivity index (χ0n) is 21.4. The maximum atomic E-state index is 13.4. The lowest BCUT2D eigenvalue weighted by atomic mass is 10.0. The normalized spacial score (nSPS) is 19.2. The van der Waals surface area contributed by atoms with Gasteiger partial charge >= 0.3 is 0 Å². The number of hydrogen-bond donors (Lipinski definition) is 0. The highest BCUT2D eigenvalue weighted by Crippen LogP contribution is 2.34. The number of piperazine rings is 1. The average molecular weight is 518 g/mol. The van der Waals surface area contributed by atoms with Gasteiger partial charge in [-0.25, -0.2) is 8.42 Å². The first-order valence-corrected chi connectivity index (χ1v) is 13.7. The Morgan fingerprint density at radius 1 is 0.889 bits per heavy atom. The lowest BCUT2D eigenvalue weighted by Gasteiger charge is -2.37. The van der Waals surface area contributed by atoms with Crippen LogP contribution in [-0.4, -0.2) is 84.1 Å². The van der Waals surface area contributed by atoms with E-state index in [9.17, 15) is 13.2 Å². The molecule has 0 aliphatic carbocycles. The molecule has 1 amide bonds. The number of piperidine rings is 1. The number of carbonyl (C=O) groups excluding carboxylic acids is 1. The first-order valence-electron chi connectivity index (χ1n) is 12.2. The monoisotopic (exact) mass is 517 g/mol. The van der Waals surface area contributed by atoms with Crippen LogP contribution in [0.4, 0.5) is 5.69 Å². The van der Waals surface area contributed by atoms with E-state index in [1.807, 2.05) is 0 Å². The van der Waals surface area contributed by atoms with Crippen LogP contribution in [-0.2, 0) is 10.0 Å². The predicted molar refractivity (Wildman–Crippen MR) is 138 cm³/mol. The van der Waals surface area contributed by atoms with E-state index in [0.717, 1.165) is 18.5 Å². The number of sulfonamides is 1. The largest absolute Gasteiger partial charge is 0.497 e. The summed E-state index contributed by atoms with van der Waals surface area (Å²) in [5.41, 5.74) is 1.22. The Morgan fingerprint density at radius 2 is 1.56 bits per heavy atom. The Bertz CT molecular complexity index is 1170. The number of nitrogens with zero attached hydrogens (tertiary/aromatic N) is 3. The smallest absolute Gasteiger partial charge is 0.254 e. The molecular formula is C26H35N3O6S. The Labute approximate surface area is 213 Å². The third-order valence-electron chi connectivity index (χ3n) is 6.91. The second-order valence-corrected chi connectivity index (χ2v) is 11.3. The Kier molecular flexibility index (Phi) is 7.94. The van der Waals surface area contributed by atoms with Crippen molar-refractivity contribution in [1.82, 2.24) is 9.21 Å². The van der Waals surface area contributed by atoms with Crippen molar-refractivity contribution in [3.63, 3.8) is 0 Å². The van der Waals surface area contributed by atoms with Crippen molar-refractivity contribution in [3.8, 4) is 17.2 Å². The molecule has 0 spiro atoms. The van der Waals surface area contributed by atoms with Crippen LogP contribution in [0.25, 0.3) is 0 Å². The Hall–Kier alpha value is -2.98. The minimum atomic E-state index is -3.59. The number of hydrogen-bond acceptors (Lipinski definition) is 7. The number of amides is 1. The van der Waals surface area contributed by atoms with E-state index in [1.165, 1.54) is 0 Å². The van der Waals surface area contributed by atoms with Gasteiger partial charge in [0.25, 0.3) is 5.91 Å². The summed E-state index contributed by atoms with van der Waals surface area (Å²) in [6.45, 7) is 5.25. The summed E-state index contributed by atoms with van der Waals surface area (Å²) in [5, 5.41) is 0. The molecular weight excluding hydrogens is 482 g/mol. The molecule has 2 aliphatic rings. The summed E-state index contributed by atoms with van der Waals surface area (Å²) < 4.78 is 44.5. The van der Waals surface area contributed by atoms with E-state index in [1.54, 1.807) is 66.9 Å². The summed E-state index contributed by atoms with van der Waals surface area (Å²) in [5.74, 6) is 1.97. The molecule has 2 saturated heterocycles. The highest BCUT2D eigenvalue weighted by molar-refractivity contribution is 7.89. The number of carbonyl (C=O) groups is 1. The fraction of sp³-hybridized carbons (Fsp3) is 0.500. The van der Waals surface area contributed by atoms with Gasteiger partial charge in [0, 0.05) is 50.9 Å². The molecule has 2 fully saturated rings. The van der Waals surface area contributed by atoms with Crippen molar-refractivity contribution < 1.29 is 27.4 Å². The summed E-state index contributed by atoms with van der Waals surface area (Å²) in [6.07, 6.45) is 1.92. The molecule has 0 saturated carbocycles. The van der Waals surface area contributed by atoms with Crippen LogP contribution in [0.3, 0.4) is 0 Å². The quantitative estimate of drug-likeness (QED) is 0.558. The van der Waals surface area contributed by atoms with Crippen LogP contribution < -0.4 is 19.1 Å². The van der Waals surface area contributed by atoms with Crippen LogP contribution >= 0.6 is 0 Å². The highest BCUT2D eigenvalue weighted by Gasteiger charge is 2.31. The molecule has 1 atom stereocenters. The van der Waals surface area contributed by atoms with Gasteiger partial charge in [0.15, 0.2) is 0 Å². The first kappa shape index (κ1) is 26.1. The third kappa shape index (κ3) is 5.39. The van der Waals surface area contributed by atoms with E-state index < -0.39 is 10.0 Å². The minimum Gasteiger partial charge on any atom is -0.497 e. The van der Waals surface area contributed by atoms with E-state index in [4.69, 9.17) is 14.2 Å². The highest BCUT2D eigenvalue weighted by atomic mass is 32.2. The molecule has 0 bridgehead atoms. The third-order valence-corrected chi connectivity index (χ3v) is 8.77. The molecule has 0 radical (unpaired) electrons. The zero-order valence-corrected chi connectivity index (χ0v) is 22.2. The van der Waals surface area contributed by atoms with Crippen molar-refractivity contribution in [2.45, 2.75) is 24.7 Å². The number of ether oxygens (including phenoxy) is 3. The van der Waals surface area contributed by atoms with Crippen LogP contribution in [0, 0.1) is 5.92 Å². The fourth-order valence-corrected chi connectivity index (χ4v) is 6.47. The van der Waals surface area contributed by atoms with Crippen LogP contribution in [0.5, 0.6) is 17.2 Å². The van der Waals surface area contributed by atoms with Gasteiger partial charge in [-0.1, -0.05) is 6.92 Å². The molecule has 196 valence electrons. The molecule has 9 nitrogen and oxygen atoms in total. The average Bonchev–Trinajstić information content (AvgIpc) is 2.92. The molecule has 2 heterocycles. The van der Waals surface area contributed by atoms with Crippen molar-refractivity contribution >= 4 is 21.6 Å². The molecule has 0 aromatic heterocycles. The maximum absolute atomic E-state index is 13.4. The molecule has 2 aliphatic heterocycles. The second kappa shape index (κ2) is 11.0. The summed E-state index contributed by atoms with van der Waals surface area (Å²) >= 11 is 0. The van der Waals surface area contributed by atoms with E-state index in [0.29, 0.717) is 68.0 Å². The molecule has 2 aromatic carbocycles. The van der Waals surface area contributed by atoms with Crippen molar-refractivity contribution in [1.29, 1.82) is 0 Å². The lowest BCUT2D eigenvalue weighted by Crippen LogP contribution is -2.49. The number of benzene rings is 2. The van der Waals surface area contributed by atoms with E-state index >= 15 is 0 Å². The summed E-state index contributed by atoms with van der Waals surface area (Å²) in [7, 11) is 1.09. The molecule has 0 N–H and O–H groups in total. The lowest BCUT2D eigenvalue weighted by molar-refractivity contribution is 0.0746. The number of anilines is 1. The number of methoxy groups -OCH3 is 3. The predicted octanol–water partition coefficient (Wildman–Crippen LogP) is 3.10. The standard InChI is InChI=1S/C26H35N3O6S/c1-19-6-5-9-29(18-19)36(31,32)23-7-8-25(35-4)24(17-23)27-10-12-28(13-11-27)26(30)20-14-21(33-2)16-22(15-20)34-3/h7-8,14-17,19H,5-6,9-13,18H2,1-4H3. The Morgan fingerprint density at radius 3 is 2.14 bits per heavy atom. The topological polar surface area (TPSA) is 88.6 Å². The minimum absolute atomic E-state index is 0.102. The molecule has 36 heavy (non-hydrogen) atoms. The van der Waals surface area contributed by atoms with Crippen LogP contribution in [0.2, 0.25) is 0 Å². The second-order valence-electron chi connectivity index (χ2n) is 9.32. The molecule has 2 aromatic rings. The van der Waals surface area contributed by atoms with Gasteiger partial charge < -0.3 is 24.0 Å². The first-order chi connectivity index (χ1) is 17.3. The van der Waals surface area contributed by atoms with Gasteiger partial charge in [-0.15, -0.1) is 0 Å². The van der Waals surface area contributed by atoms with Crippen molar-refractivity contribution in [3.05, 3.63) is 42.0 Å². The summed E-state index contributed by atoms with van der Waals surface area (Å²) in [4.78, 5) is 17.3. The van der Waals surface area contributed by atoms with Gasteiger partial charge in [-0.3, -0.25) is 4.79 Å². The zero-order chi connectivity index (χ0) is 25.9. The molecule has 4 rings (SSSR count). The van der Waals surface area contributed by atoms with Gasteiger partial charge in [0.2, 0.25) is 10.0 Å². The van der Waals surface area contributed by atoms with E-state index in [-0.39, 0.29) is 10.8 Å². The van der Waals surface area contributed by atoms with Gasteiger partial charge in [0.1, 0.15) is 17.2 Å². The van der Waals surface area contributed by atoms with Gasteiger partial charge in [0.05, 0.1) is 31.9 Å². The molecule has 10 heteroatoms. The maximum Gasteiger partial charge on any atom is 0.254 e. The van der Waals surface area contributed by atoms with E-state index in [2.05, 4.69) is 11.8 Å².